The summed E-state index contributed by atoms with van der Waals surface area (Å²) < 4.78 is 5.55. The molecule has 2 heterocycles. The summed E-state index contributed by atoms with van der Waals surface area (Å²) in [6.07, 6.45) is 0. The number of hydrogen-bond acceptors (Lipinski definition) is 7. The molecule has 0 atom stereocenters. The van der Waals surface area contributed by atoms with Crippen molar-refractivity contribution in [1.82, 2.24) is 10.2 Å². The summed E-state index contributed by atoms with van der Waals surface area (Å²) in [5.41, 5.74) is 7.50. The van der Waals surface area contributed by atoms with Gasteiger partial charge >= 0.3 is 0 Å². The van der Waals surface area contributed by atoms with Gasteiger partial charge in [-0.05, 0) is 30.5 Å². The average Bonchev–Trinajstić information content (AvgIpc) is 3.23. The summed E-state index contributed by atoms with van der Waals surface area (Å²) >= 11 is 2.36. The number of nitrogens with zero attached hydrogens (tertiary/aromatic N) is 2. The van der Waals surface area contributed by atoms with Crippen molar-refractivity contribution in [3.05, 3.63) is 46.8 Å². The Balaban J connectivity index is 1.58. The summed E-state index contributed by atoms with van der Waals surface area (Å²) in [5, 5.41) is 13.0. The van der Waals surface area contributed by atoms with E-state index >= 15 is 0 Å². The van der Waals surface area contributed by atoms with E-state index in [1.807, 2.05) is 31.2 Å². The zero-order chi connectivity index (χ0) is 17.8. The zero-order valence-corrected chi connectivity index (χ0v) is 14.8. The standard InChI is InChI=1S/C16H14N4O3S2/c1-9-2-4-10(5-3-9)14-19-20-16(23-14)25-8-12(21)18-15-11(13(17)22)6-7-24-15/h2-7H,8H2,1H3,(H2,17,22)(H,18,21). The molecular formula is C16H14N4O3S2. The smallest absolute Gasteiger partial charge is 0.277 e. The summed E-state index contributed by atoms with van der Waals surface area (Å²) in [4.78, 5) is 23.2. The molecule has 1 aromatic carbocycles. The summed E-state index contributed by atoms with van der Waals surface area (Å²) in [7, 11) is 0. The van der Waals surface area contributed by atoms with Crippen LogP contribution in [0.4, 0.5) is 5.00 Å². The molecular weight excluding hydrogens is 360 g/mol. The van der Waals surface area contributed by atoms with Crippen LogP contribution in [0.15, 0.2) is 45.4 Å². The maximum Gasteiger partial charge on any atom is 0.277 e. The van der Waals surface area contributed by atoms with Crippen LogP contribution in [-0.4, -0.2) is 27.8 Å². The lowest BCUT2D eigenvalue weighted by Crippen LogP contribution is -2.17. The Bertz CT molecular complexity index is 902. The molecule has 0 aliphatic heterocycles. The van der Waals surface area contributed by atoms with E-state index in [0.29, 0.717) is 21.7 Å². The van der Waals surface area contributed by atoms with E-state index in [0.717, 1.165) is 22.9 Å². The molecule has 3 rings (SSSR count). The maximum atomic E-state index is 12.0. The van der Waals surface area contributed by atoms with Crippen LogP contribution >= 0.6 is 23.1 Å². The topological polar surface area (TPSA) is 111 Å². The largest absolute Gasteiger partial charge is 0.411 e. The third-order valence-corrected chi connectivity index (χ3v) is 4.86. The molecule has 0 aliphatic carbocycles. The summed E-state index contributed by atoms with van der Waals surface area (Å²) in [5.74, 6) is -0.392. The van der Waals surface area contributed by atoms with Crippen LogP contribution in [0.3, 0.4) is 0 Å². The van der Waals surface area contributed by atoms with Crippen LogP contribution in [0.25, 0.3) is 11.5 Å². The fraction of sp³-hybridized carbons (Fsp3) is 0.125. The highest BCUT2D eigenvalue weighted by molar-refractivity contribution is 7.99. The van der Waals surface area contributed by atoms with Gasteiger partial charge in [-0.2, -0.15) is 0 Å². The quantitative estimate of drug-likeness (QED) is 0.642. The second-order valence-electron chi connectivity index (χ2n) is 5.10. The number of primary amides is 1. The van der Waals surface area contributed by atoms with Crippen LogP contribution in [0.1, 0.15) is 15.9 Å². The molecule has 0 spiro atoms. The van der Waals surface area contributed by atoms with Gasteiger partial charge in [0.1, 0.15) is 5.00 Å². The van der Waals surface area contributed by atoms with E-state index in [9.17, 15) is 9.59 Å². The van der Waals surface area contributed by atoms with Gasteiger partial charge in [-0.1, -0.05) is 29.5 Å². The van der Waals surface area contributed by atoms with Gasteiger partial charge in [0.15, 0.2) is 0 Å². The number of thioether (sulfide) groups is 1. The van der Waals surface area contributed by atoms with Crippen molar-refractivity contribution in [1.29, 1.82) is 0 Å². The van der Waals surface area contributed by atoms with E-state index in [-0.39, 0.29) is 11.7 Å². The lowest BCUT2D eigenvalue weighted by Gasteiger charge is -2.02. The van der Waals surface area contributed by atoms with Gasteiger partial charge in [0, 0.05) is 5.56 Å². The number of rotatable bonds is 6. The number of aryl methyl sites for hydroxylation is 1. The van der Waals surface area contributed by atoms with Crippen molar-refractivity contribution >= 4 is 39.9 Å². The lowest BCUT2D eigenvalue weighted by atomic mass is 10.1. The first-order valence-corrected chi connectivity index (χ1v) is 9.10. The number of hydrogen-bond donors (Lipinski definition) is 2. The van der Waals surface area contributed by atoms with Crippen LogP contribution in [-0.2, 0) is 4.79 Å². The molecule has 0 fully saturated rings. The minimum Gasteiger partial charge on any atom is -0.411 e. The van der Waals surface area contributed by atoms with Crippen LogP contribution in [0, 0.1) is 6.92 Å². The lowest BCUT2D eigenvalue weighted by molar-refractivity contribution is -0.113. The molecule has 7 nitrogen and oxygen atoms in total. The Morgan fingerprint density at radius 1 is 1.24 bits per heavy atom. The Hall–Kier alpha value is -2.65. The number of carbonyl (C=O) groups excluding carboxylic acids is 2. The average molecular weight is 374 g/mol. The van der Waals surface area contributed by atoms with Crippen molar-refractivity contribution < 1.29 is 14.0 Å². The number of carbonyl (C=O) groups is 2. The zero-order valence-electron chi connectivity index (χ0n) is 13.2. The van der Waals surface area contributed by atoms with Crippen molar-refractivity contribution in [3.8, 4) is 11.5 Å². The highest BCUT2D eigenvalue weighted by atomic mass is 32.2. The monoisotopic (exact) mass is 374 g/mol. The second kappa shape index (κ2) is 7.49. The predicted octanol–water partition coefficient (Wildman–Crippen LogP) is 2.94. The minimum absolute atomic E-state index is 0.0750. The second-order valence-corrected chi connectivity index (χ2v) is 6.95. The number of aromatic nitrogens is 2. The molecule has 0 radical (unpaired) electrons. The molecule has 2 amide bonds. The Morgan fingerprint density at radius 3 is 2.72 bits per heavy atom. The van der Waals surface area contributed by atoms with Crippen LogP contribution < -0.4 is 11.1 Å². The molecule has 0 unspecified atom stereocenters. The maximum absolute atomic E-state index is 12.0. The first-order valence-electron chi connectivity index (χ1n) is 7.23. The van der Waals surface area contributed by atoms with E-state index in [4.69, 9.17) is 10.2 Å². The molecule has 0 saturated carbocycles. The molecule has 0 saturated heterocycles. The van der Waals surface area contributed by atoms with E-state index < -0.39 is 5.91 Å². The number of benzene rings is 1. The van der Waals surface area contributed by atoms with Crippen LogP contribution in [0.5, 0.6) is 0 Å². The first-order chi connectivity index (χ1) is 12.0. The molecule has 0 bridgehead atoms. The first kappa shape index (κ1) is 17.2. The summed E-state index contributed by atoms with van der Waals surface area (Å²) in [6, 6.07) is 9.27. The number of amides is 2. The number of thiophene rings is 1. The molecule has 3 aromatic rings. The molecule has 25 heavy (non-hydrogen) atoms. The molecule has 128 valence electrons. The fourth-order valence-corrected chi connectivity index (χ4v) is 3.34. The van der Waals surface area contributed by atoms with Gasteiger partial charge < -0.3 is 15.5 Å². The van der Waals surface area contributed by atoms with E-state index in [1.165, 1.54) is 11.3 Å². The molecule has 3 N–H and O–H groups in total. The fourth-order valence-electron chi connectivity index (χ4n) is 1.97. The Labute approximate surface area is 151 Å². The highest BCUT2D eigenvalue weighted by Gasteiger charge is 2.14. The van der Waals surface area contributed by atoms with Gasteiger partial charge in [-0.25, -0.2) is 0 Å². The van der Waals surface area contributed by atoms with Crippen molar-refractivity contribution in [2.45, 2.75) is 12.1 Å². The molecule has 2 aromatic heterocycles. The molecule has 9 heteroatoms. The SMILES string of the molecule is Cc1ccc(-c2nnc(SCC(=O)Nc3sccc3C(N)=O)o2)cc1. The normalized spacial score (nSPS) is 10.6. The minimum atomic E-state index is -0.580. The predicted molar refractivity (Wildman–Crippen MR) is 96.7 cm³/mol. The van der Waals surface area contributed by atoms with Gasteiger partial charge in [-0.3, -0.25) is 9.59 Å². The van der Waals surface area contributed by atoms with E-state index in [1.54, 1.807) is 11.4 Å². The van der Waals surface area contributed by atoms with Gasteiger partial charge in [0.2, 0.25) is 11.8 Å². The van der Waals surface area contributed by atoms with E-state index in [2.05, 4.69) is 15.5 Å². The van der Waals surface area contributed by atoms with Gasteiger partial charge in [0.25, 0.3) is 11.1 Å². The Kier molecular flexibility index (Phi) is 5.15. The molecule has 0 aliphatic rings. The van der Waals surface area contributed by atoms with Crippen LogP contribution in [0.2, 0.25) is 0 Å². The van der Waals surface area contributed by atoms with Crippen molar-refractivity contribution in [2.75, 3.05) is 11.1 Å². The van der Waals surface area contributed by atoms with Gasteiger partial charge in [0.05, 0.1) is 11.3 Å². The van der Waals surface area contributed by atoms with Crippen molar-refractivity contribution in [2.24, 2.45) is 5.73 Å². The summed E-state index contributed by atoms with van der Waals surface area (Å²) in [6.45, 7) is 1.99. The number of nitrogens with one attached hydrogen (secondary N) is 1. The van der Waals surface area contributed by atoms with Gasteiger partial charge in [-0.15, -0.1) is 21.5 Å². The number of nitrogens with two attached hydrogens (primary N) is 1. The third-order valence-electron chi connectivity index (χ3n) is 3.22. The third kappa shape index (κ3) is 4.25. The highest BCUT2D eigenvalue weighted by Crippen LogP contribution is 2.25. The number of anilines is 1. The van der Waals surface area contributed by atoms with Crippen molar-refractivity contribution in [3.63, 3.8) is 0 Å². The Morgan fingerprint density at radius 2 is 2.00 bits per heavy atom.